The van der Waals surface area contributed by atoms with Gasteiger partial charge < -0.3 is 20.3 Å². The van der Waals surface area contributed by atoms with Crippen molar-refractivity contribution in [1.29, 1.82) is 0 Å². The summed E-state index contributed by atoms with van der Waals surface area (Å²) in [5.41, 5.74) is 6.42. The molecule has 2 rings (SSSR count). The van der Waals surface area contributed by atoms with Crippen molar-refractivity contribution < 1.29 is 14.6 Å². The maximum atomic E-state index is 9.54. The highest BCUT2D eigenvalue weighted by Gasteiger charge is 2.38. The van der Waals surface area contributed by atoms with Crippen LogP contribution in [0.5, 0.6) is 0 Å². The SMILES string of the molecule is NCC(O)C1=CCC2(CC1)OCCO2. The molecule has 1 spiro atoms. The highest BCUT2D eigenvalue weighted by atomic mass is 16.7. The Kier molecular flexibility index (Phi) is 2.88. The van der Waals surface area contributed by atoms with Gasteiger partial charge in [-0.3, -0.25) is 0 Å². The van der Waals surface area contributed by atoms with Crippen molar-refractivity contribution in [3.63, 3.8) is 0 Å². The molecule has 1 heterocycles. The Morgan fingerprint density at radius 2 is 2.21 bits per heavy atom. The molecule has 0 aromatic heterocycles. The number of rotatable bonds is 2. The molecule has 1 fully saturated rings. The molecule has 2 aliphatic rings. The summed E-state index contributed by atoms with van der Waals surface area (Å²) < 4.78 is 11.1. The molecule has 4 heteroatoms. The summed E-state index contributed by atoms with van der Waals surface area (Å²) >= 11 is 0. The van der Waals surface area contributed by atoms with Crippen molar-refractivity contribution in [2.45, 2.75) is 31.2 Å². The lowest BCUT2D eigenvalue weighted by molar-refractivity contribution is -0.162. The van der Waals surface area contributed by atoms with Crippen LogP contribution < -0.4 is 5.73 Å². The van der Waals surface area contributed by atoms with Crippen LogP contribution in [-0.2, 0) is 9.47 Å². The van der Waals surface area contributed by atoms with E-state index in [-0.39, 0.29) is 0 Å². The second kappa shape index (κ2) is 3.98. The topological polar surface area (TPSA) is 64.7 Å². The number of aliphatic hydroxyl groups excluding tert-OH is 1. The molecule has 0 bridgehead atoms. The van der Waals surface area contributed by atoms with Gasteiger partial charge in [0.05, 0.1) is 19.3 Å². The lowest BCUT2D eigenvalue weighted by atomic mass is 9.91. The molecule has 1 aliphatic heterocycles. The zero-order valence-corrected chi connectivity index (χ0v) is 8.24. The van der Waals surface area contributed by atoms with E-state index in [1.54, 1.807) is 0 Å². The van der Waals surface area contributed by atoms with Gasteiger partial charge in [0.25, 0.3) is 0 Å². The van der Waals surface area contributed by atoms with Gasteiger partial charge in [0.2, 0.25) is 0 Å². The number of aliphatic hydroxyl groups is 1. The van der Waals surface area contributed by atoms with Gasteiger partial charge >= 0.3 is 0 Å². The minimum absolute atomic E-state index is 0.292. The molecule has 3 N–H and O–H groups in total. The first-order chi connectivity index (χ1) is 6.76. The summed E-state index contributed by atoms with van der Waals surface area (Å²) in [5.74, 6) is -0.391. The van der Waals surface area contributed by atoms with Crippen molar-refractivity contribution in [1.82, 2.24) is 0 Å². The van der Waals surface area contributed by atoms with Crippen molar-refractivity contribution in [3.05, 3.63) is 11.6 Å². The van der Waals surface area contributed by atoms with Crippen LogP contribution in [0.4, 0.5) is 0 Å². The maximum Gasteiger partial charge on any atom is 0.172 e. The van der Waals surface area contributed by atoms with E-state index in [9.17, 15) is 5.11 Å². The second-order valence-electron chi connectivity index (χ2n) is 3.84. The van der Waals surface area contributed by atoms with Gasteiger partial charge in [-0.2, -0.15) is 0 Å². The summed E-state index contributed by atoms with van der Waals surface area (Å²) in [6, 6.07) is 0. The second-order valence-corrected chi connectivity index (χ2v) is 3.84. The van der Waals surface area contributed by atoms with Crippen LogP contribution >= 0.6 is 0 Å². The molecule has 1 unspecified atom stereocenters. The van der Waals surface area contributed by atoms with Crippen molar-refractivity contribution >= 4 is 0 Å². The summed E-state index contributed by atoms with van der Waals surface area (Å²) in [7, 11) is 0. The Balaban J connectivity index is 1.98. The molecule has 1 aliphatic carbocycles. The van der Waals surface area contributed by atoms with Gasteiger partial charge in [-0.1, -0.05) is 6.08 Å². The Labute approximate surface area is 83.7 Å². The van der Waals surface area contributed by atoms with E-state index in [0.717, 1.165) is 24.8 Å². The Bertz CT molecular complexity index is 234. The van der Waals surface area contributed by atoms with Crippen molar-refractivity contribution in [2.75, 3.05) is 19.8 Å². The number of ether oxygens (including phenoxy) is 2. The first-order valence-corrected chi connectivity index (χ1v) is 5.11. The molecule has 1 atom stereocenters. The zero-order chi connectivity index (χ0) is 10.0. The fourth-order valence-corrected chi connectivity index (χ4v) is 2.04. The molecular formula is C10H17NO3. The molecule has 14 heavy (non-hydrogen) atoms. The quantitative estimate of drug-likeness (QED) is 0.622. The van der Waals surface area contributed by atoms with Gasteiger partial charge in [-0.25, -0.2) is 0 Å². The van der Waals surface area contributed by atoms with E-state index < -0.39 is 11.9 Å². The van der Waals surface area contributed by atoms with E-state index in [2.05, 4.69) is 0 Å². The molecule has 4 nitrogen and oxygen atoms in total. The zero-order valence-electron chi connectivity index (χ0n) is 8.24. The third-order valence-electron chi connectivity index (χ3n) is 2.93. The van der Waals surface area contributed by atoms with E-state index in [1.807, 2.05) is 6.08 Å². The Morgan fingerprint density at radius 1 is 1.50 bits per heavy atom. The maximum absolute atomic E-state index is 9.54. The lowest BCUT2D eigenvalue weighted by Gasteiger charge is -2.31. The molecule has 0 radical (unpaired) electrons. The number of hydrogen-bond acceptors (Lipinski definition) is 4. The van der Waals surface area contributed by atoms with Crippen LogP contribution in [0.1, 0.15) is 19.3 Å². The first-order valence-electron chi connectivity index (χ1n) is 5.11. The van der Waals surface area contributed by atoms with Crippen molar-refractivity contribution in [2.24, 2.45) is 5.73 Å². The van der Waals surface area contributed by atoms with E-state index in [0.29, 0.717) is 19.8 Å². The Hall–Kier alpha value is -0.420. The summed E-state index contributed by atoms with van der Waals surface area (Å²) in [6.45, 7) is 1.66. The lowest BCUT2D eigenvalue weighted by Crippen LogP contribution is -2.34. The average Bonchev–Trinajstić information content (AvgIpc) is 2.67. The van der Waals surface area contributed by atoms with Gasteiger partial charge in [0, 0.05) is 19.4 Å². The molecular weight excluding hydrogens is 182 g/mol. The standard InChI is InChI=1S/C10H17NO3/c11-7-9(12)8-1-3-10(4-2-8)13-5-6-14-10/h1,9,12H,2-7,11H2. The third kappa shape index (κ3) is 1.83. The summed E-state index contributed by atoms with van der Waals surface area (Å²) in [4.78, 5) is 0. The fourth-order valence-electron chi connectivity index (χ4n) is 2.04. The monoisotopic (exact) mass is 199 g/mol. The van der Waals surface area contributed by atoms with Crippen LogP contribution in [0.3, 0.4) is 0 Å². The van der Waals surface area contributed by atoms with Crippen molar-refractivity contribution in [3.8, 4) is 0 Å². The molecule has 0 aromatic rings. The van der Waals surface area contributed by atoms with Crippen LogP contribution in [0.25, 0.3) is 0 Å². The van der Waals surface area contributed by atoms with Crippen LogP contribution in [0.15, 0.2) is 11.6 Å². The van der Waals surface area contributed by atoms with E-state index >= 15 is 0 Å². The predicted molar refractivity (Wildman–Crippen MR) is 51.6 cm³/mol. The van der Waals surface area contributed by atoms with Crippen LogP contribution in [0, 0.1) is 0 Å². The van der Waals surface area contributed by atoms with Gasteiger partial charge in [-0.05, 0) is 12.0 Å². The smallest absolute Gasteiger partial charge is 0.172 e. The first kappa shape index (κ1) is 10.1. The molecule has 80 valence electrons. The largest absolute Gasteiger partial charge is 0.387 e. The molecule has 0 amide bonds. The number of nitrogens with two attached hydrogens (primary N) is 1. The fraction of sp³-hybridized carbons (Fsp3) is 0.800. The molecule has 0 aromatic carbocycles. The number of hydrogen-bond donors (Lipinski definition) is 2. The molecule has 0 saturated carbocycles. The summed E-state index contributed by atoms with van der Waals surface area (Å²) in [6.07, 6.45) is 3.90. The normalized spacial score (nSPS) is 27.7. The van der Waals surface area contributed by atoms with Gasteiger partial charge in [0.1, 0.15) is 0 Å². The average molecular weight is 199 g/mol. The highest BCUT2D eigenvalue weighted by molar-refractivity contribution is 5.14. The highest BCUT2D eigenvalue weighted by Crippen LogP contribution is 2.35. The predicted octanol–water partition coefficient (Wildman–Crippen LogP) is 0.159. The van der Waals surface area contributed by atoms with Crippen LogP contribution in [0.2, 0.25) is 0 Å². The van der Waals surface area contributed by atoms with E-state index in [1.165, 1.54) is 0 Å². The molecule has 1 saturated heterocycles. The van der Waals surface area contributed by atoms with Gasteiger partial charge in [0.15, 0.2) is 5.79 Å². The van der Waals surface area contributed by atoms with E-state index in [4.69, 9.17) is 15.2 Å². The Morgan fingerprint density at radius 3 is 2.71 bits per heavy atom. The van der Waals surface area contributed by atoms with Crippen LogP contribution in [-0.4, -0.2) is 36.8 Å². The summed E-state index contributed by atoms with van der Waals surface area (Å²) in [5, 5.41) is 9.54. The van der Waals surface area contributed by atoms with Gasteiger partial charge in [-0.15, -0.1) is 0 Å². The third-order valence-corrected chi connectivity index (χ3v) is 2.93. The minimum Gasteiger partial charge on any atom is -0.387 e. The minimum atomic E-state index is -0.492.